The molecule has 0 aromatic heterocycles. The highest BCUT2D eigenvalue weighted by Gasteiger charge is 2.27. The summed E-state index contributed by atoms with van der Waals surface area (Å²) >= 11 is 0. The molecule has 0 atom stereocenters. The molecule has 0 spiro atoms. The Morgan fingerprint density at radius 2 is 1.68 bits per heavy atom. The number of amides is 2. The van der Waals surface area contributed by atoms with Gasteiger partial charge in [-0.05, 0) is 55.7 Å². The summed E-state index contributed by atoms with van der Waals surface area (Å²) in [5.74, 6) is -1.18. The Kier molecular flexibility index (Phi) is 6.66. The molecule has 2 aromatic rings. The molecule has 1 aliphatic heterocycles. The molecule has 8 nitrogen and oxygen atoms in total. The summed E-state index contributed by atoms with van der Waals surface area (Å²) in [4.78, 5) is 26.8. The van der Waals surface area contributed by atoms with Crippen LogP contribution in [0.2, 0.25) is 0 Å². The summed E-state index contributed by atoms with van der Waals surface area (Å²) in [5.41, 5.74) is 7.56. The molecular weight excluding hydrogens is 416 g/mol. The van der Waals surface area contributed by atoms with E-state index in [1.165, 1.54) is 16.4 Å². The monoisotopic (exact) mass is 444 g/mol. The molecule has 2 amide bonds. The Labute approximate surface area is 183 Å². The lowest BCUT2D eigenvalue weighted by molar-refractivity contribution is 0.100. The maximum atomic E-state index is 13.0. The molecule has 2 aromatic carbocycles. The van der Waals surface area contributed by atoms with Crippen molar-refractivity contribution in [3.63, 3.8) is 0 Å². The number of anilines is 2. The molecule has 1 saturated heterocycles. The number of carbonyl (C=O) groups excluding carboxylic acids is 2. The van der Waals surface area contributed by atoms with Gasteiger partial charge in [-0.1, -0.05) is 12.5 Å². The third kappa shape index (κ3) is 4.88. The molecule has 1 heterocycles. The number of carbonyl (C=O) groups is 2. The van der Waals surface area contributed by atoms with Gasteiger partial charge in [-0.15, -0.1) is 0 Å². The smallest absolute Gasteiger partial charge is 0.255 e. The number of nitrogens with two attached hydrogens (primary N) is 1. The van der Waals surface area contributed by atoms with E-state index in [9.17, 15) is 18.0 Å². The number of aryl methyl sites for hydroxylation is 1. The molecule has 0 saturated carbocycles. The van der Waals surface area contributed by atoms with Crippen LogP contribution in [-0.4, -0.2) is 51.7 Å². The summed E-state index contributed by atoms with van der Waals surface area (Å²) < 4.78 is 27.5. The minimum atomic E-state index is -3.67. The third-order valence-corrected chi connectivity index (χ3v) is 7.33. The minimum Gasteiger partial charge on any atom is -0.378 e. The van der Waals surface area contributed by atoms with E-state index in [2.05, 4.69) is 5.32 Å². The second-order valence-electron chi connectivity index (χ2n) is 7.88. The fraction of sp³-hybridized carbons (Fsp3) is 0.364. The fourth-order valence-corrected chi connectivity index (χ4v) is 5.12. The van der Waals surface area contributed by atoms with Crippen LogP contribution in [0.3, 0.4) is 0 Å². The van der Waals surface area contributed by atoms with Crippen molar-refractivity contribution in [1.82, 2.24) is 4.31 Å². The van der Waals surface area contributed by atoms with Crippen LogP contribution in [0, 0.1) is 6.92 Å². The molecule has 0 bridgehead atoms. The number of rotatable bonds is 6. The number of hydrogen-bond acceptors (Lipinski definition) is 5. The highest BCUT2D eigenvalue weighted by molar-refractivity contribution is 7.89. The zero-order chi connectivity index (χ0) is 22.8. The molecule has 3 rings (SSSR count). The average molecular weight is 445 g/mol. The number of piperidine rings is 1. The van der Waals surface area contributed by atoms with Gasteiger partial charge in [0.05, 0.1) is 16.1 Å². The highest BCUT2D eigenvalue weighted by Crippen LogP contribution is 2.25. The molecule has 0 aliphatic carbocycles. The van der Waals surface area contributed by atoms with E-state index < -0.39 is 21.8 Å². The van der Waals surface area contributed by atoms with Crippen molar-refractivity contribution in [3.05, 3.63) is 53.1 Å². The minimum absolute atomic E-state index is 0.0863. The van der Waals surface area contributed by atoms with Gasteiger partial charge in [0, 0.05) is 38.4 Å². The first-order chi connectivity index (χ1) is 14.6. The SMILES string of the molecule is Cc1ccc(S(=O)(=O)N2CCCCC2)cc1C(=O)Nc1ccc(N(C)C)cc1C(N)=O. The van der Waals surface area contributed by atoms with Gasteiger partial charge in [0.15, 0.2) is 0 Å². The van der Waals surface area contributed by atoms with Crippen molar-refractivity contribution in [1.29, 1.82) is 0 Å². The number of nitrogens with one attached hydrogen (secondary N) is 1. The number of primary amides is 1. The molecule has 1 aliphatic rings. The van der Waals surface area contributed by atoms with Crippen LogP contribution in [0.5, 0.6) is 0 Å². The third-order valence-electron chi connectivity index (χ3n) is 5.44. The maximum absolute atomic E-state index is 13.0. The maximum Gasteiger partial charge on any atom is 0.255 e. The van der Waals surface area contributed by atoms with Gasteiger partial charge in [-0.3, -0.25) is 9.59 Å². The lowest BCUT2D eigenvalue weighted by Gasteiger charge is -2.26. The van der Waals surface area contributed by atoms with Crippen LogP contribution in [0.15, 0.2) is 41.3 Å². The quantitative estimate of drug-likeness (QED) is 0.711. The first-order valence-electron chi connectivity index (χ1n) is 10.1. The van der Waals surface area contributed by atoms with Crippen LogP contribution in [0.25, 0.3) is 0 Å². The van der Waals surface area contributed by atoms with E-state index >= 15 is 0 Å². The van der Waals surface area contributed by atoms with Crippen LogP contribution in [0.1, 0.15) is 45.5 Å². The first kappa shape index (κ1) is 22.8. The average Bonchev–Trinajstić information content (AvgIpc) is 2.74. The summed E-state index contributed by atoms with van der Waals surface area (Å²) in [6.07, 6.45) is 2.68. The fourth-order valence-electron chi connectivity index (χ4n) is 3.57. The lowest BCUT2D eigenvalue weighted by Crippen LogP contribution is -2.35. The predicted molar refractivity (Wildman–Crippen MR) is 121 cm³/mol. The summed E-state index contributed by atoms with van der Waals surface area (Å²) in [6, 6.07) is 9.50. The van der Waals surface area contributed by atoms with E-state index in [0.29, 0.717) is 18.7 Å². The van der Waals surface area contributed by atoms with E-state index in [0.717, 1.165) is 24.9 Å². The van der Waals surface area contributed by atoms with Crippen LogP contribution < -0.4 is 16.0 Å². The molecule has 3 N–H and O–H groups in total. The Balaban J connectivity index is 1.92. The van der Waals surface area contributed by atoms with E-state index in [1.807, 2.05) is 19.0 Å². The van der Waals surface area contributed by atoms with Crippen LogP contribution >= 0.6 is 0 Å². The van der Waals surface area contributed by atoms with Crippen molar-refractivity contribution < 1.29 is 18.0 Å². The Morgan fingerprint density at radius 3 is 2.29 bits per heavy atom. The van der Waals surface area contributed by atoms with Crippen LogP contribution in [-0.2, 0) is 10.0 Å². The number of nitrogens with zero attached hydrogens (tertiary/aromatic N) is 2. The van der Waals surface area contributed by atoms with Gasteiger partial charge < -0.3 is 16.0 Å². The summed E-state index contributed by atoms with van der Waals surface area (Å²) in [7, 11) is -0.0120. The van der Waals surface area contributed by atoms with Gasteiger partial charge in [0.25, 0.3) is 11.8 Å². The molecular formula is C22H28N4O4S. The summed E-state index contributed by atoms with van der Waals surface area (Å²) in [6.45, 7) is 2.70. The van der Waals surface area contributed by atoms with Crippen molar-refractivity contribution in [2.24, 2.45) is 5.73 Å². The zero-order valence-electron chi connectivity index (χ0n) is 18.0. The summed E-state index contributed by atoms with van der Waals surface area (Å²) in [5, 5.41) is 2.71. The molecule has 0 radical (unpaired) electrons. The number of sulfonamides is 1. The topological polar surface area (TPSA) is 113 Å². The highest BCUT2D eigenvalue weighted by atomic mass is 32.2. The van der Waals surface area contributed by atoms with E-state index in [1.54, 1.807) is 31.2 Å². The Hall–Kier alpha value is -2.91. The van der Waals surface area contributed by atoms with Crippen molar-refractivity contribution in [2.45, 2.75) is 31.1 Å². The largest absolute Gasteiger partial charge is 0.378 e. The molecule has 9 heteroatoms. The predicted octanol–water partition coefficient (Wildman–Crippen LogP) is 2.59. The molecule has 1 fully saturated rings. The van der Waals surface area contributed by atoms with Gasteiger partial charge in [-0.25, -0.2) is 8.42 Å². The van der Waals surface area contributed by atoms with Crippen molar-refractivity contribution in [2.75, 3.05) is 37.4 Å². The van der Waals surface area contributed by atoms with Crippen molar-refractivity contribution in [3.8, 4) is 0 Å². The second kappa shape index (κ2) is 9.07. The molecule has 166 valence electrons. The van der Waals surface area contributed by atoms with Gasteiger partial charge in [-0.2, -0.15) is 4.31 Å². The normalized spacial score (nSPS) is 14.8. The Morgan fingerprint density at radius 1 is 1.00 bits per heavy atom. The van der Waals surface area contributed by atoms with E-state index in [4.69, 9.17) is 5.73 Å². The standard InChI is InChI=1S/C22H28N4O4S/c1-15-7-9-17(31(29,30)26-11-5-4-6-12-26)14-18(15)22(28)24-20-10-8-16(25(2)3)13-19(20)21(23)27/h7-10,13-14H,4-6,11-12H2,1-3H3,(H2,23,27)(H,24,28). The van der Waals surface area contributed by atoms with Gasteiger partial charge in [0.2, 0.25) is 10.0 Å². The van der Waals surface area contributed by atoms with Gasteiger partial charge >= 0.3 is 0 Å². The number of hydrogen-bond donors (Lipinski definition) is 2. The van der Waals surface area contributed by atoms with Gasteiger partial charge in [0.1, 0.15) is 0 Å². The number of benzene rings is 2. The zero-order valence-corrected chi connectivity index (χ0v) is 18.8. The lowest BCUT2D eigenvalue weighted by atomic mass is 10.1. The van der Waals surface area contributed by atoms with E-state index in [-0.39, 0.29) is 21.7 Å². The first-order valence-corrected chi connectivity index (χ1v) is 11.6. The molecule has 0 unspecified atom stereocenters. The van der Waals surface area contributed by atoms with Crippen LogP contribution in [0.4, 0.5) is 11.4 Å². The second-order valence-corrected chi connectivity index (χ2v) is 9.82. The van der Waals surface area contributed by atoms with Crippen molar-refractivity contribution >= 4 is 33.2 Å². The molecule has 31 heavy (non-hydrogen) atoms. The Bertz CT molecular complexity index is 1110.